The van der Waals surface area contributed by atoms with Gasteiger partial charge in [0.15, 0.2) is 6.17 Å². The van der Waals surface area contributed by atoms with E-state index in [2.05, 4.69) is 16.0 Å². The summed E-state index contributed by atoms with van der Waals surface area (Å²) in [5, 5.41) is 8.35. The smallest absolute Gasteiger partial charge is 0.376 e. The van der Waals surface area contributed by atoms with Crippen LogP contribution < -0.4 is 14.8 Å². The molecule has 3 aromatic carbocycles. The number of hydrogen-bond donors (Lipinski definition) is 1. The average molecular weight is 530 g/mol. The number of aromatic nitrogens is 1. The van der Waals surface area contributed by atoms with E-state index in [0.29, 0.717) is 18.2 Å². The second kappa shape index (κ2) is 10.4. The Morgan fingerprint density at radius 1 is 1.05 bits per heavy atom. The first-order chi connectivity index (χ1) is 18.7. The first-order valence-corrected chi connectivity index (χ1v) is 13.1. The minimum Gasteiger partial charge on any atom is -0.460 e. The number of esters is 1. The molecule has 194 valence electrons. The minimum atomic E-state index is -0.496. The number of anilines is 3. The van der Waals surface area contributed by atoms with E-state index >= 15 is 0 Å². The number of amidine groups is 1. The Balaban J connectivity index is 1.50. The Morgan fingerprint density at radius 2 is 1.82 bits per heavy atom. The molecule has 6 rings (SSSR count). The molecular weight excluding hydrogens is 502 g/mol. The fourth-order valence-electron chi connectivity index (χ4n) is 5.09. The molecule has 8 nitrogen and oxygen atoms in total. The highest BCUT2D eigenvalue weighted by molar-refractivity contribution is 6.42. The lowest BCUT2D eigenvalue weighted by Gasteiger charge is -2.33. The largest absolute Gasteiger partial charge is 0.460 e. The molecule has 0 bridgehead atoms. The van der Waals surface area contributed by atoms with Crippen LogP contribution in [0.5, 0.6) is 0 Å². The van der Waals surface area contributed by atoms with Crippen molar-refractivity contribution < 1.29 is 14.3 Å². The molecule has 9 heteroatoms. The van der Waals surface area contributed by atoms with Gasteiger partial charge in [-0.3, -0.25) is 4.90 Å². The number of hydrogen-bond acceptors (Lipinski definition) is 7. The van der Waals surface area contributed by atoms with Gasteiger partial charge in [0.05, 0.1) is 36.2 Å². The maximum absolute atomic E-state index is 13.3. The van der Waals surface area contributed by atoms with Crippen molar-refractivity contribution in [1.29, 1.82) is 0 Å². The summed E-state index contributed by atoms with van der Waals surface area (Å²) >= 11 is 6.87. The van der Waals surface area contributed by atoms with Crippen molar-refractivity contribution in [3.63, 3.8) is 0 Å². The van der Waals surface area contributed by atoms with Gasteiger partial charge in [-0.2, -0.15) is 0 Å². The third-order valence-electron chi connectivity index (χ3n) is 6.85. The Bertz CT molecular complexity index is 1480. The summed E-state index contributed by atoms with van der Waals surface area (Å²) in [6, 6.07) is 23.8. The molecule has 0 radical (unpaired) electrons. The van der Waals surface area contributed by atoms with Crippen LogP contribution in [-0.2, 0) is 14.3 Å². The molecule has 2 aliphatic rings. The molecule has 0 saturated carbocycles. The van der Waals surface area contributed by atoms with Crippen molar-refractivity contribution in [2.45, 2.75) is 13.1 Å². The Kier molecular flexibility index (Phi) is 6.66. The van der Waals surface area contributed by atoms with Gasteiger partial charge in [0.2, 0.25) is 5.84 Å². The zero-order chi connectivity index (χ0) is 26.1. The van der Waals surface area contributed by atoms with Crippen molar-refractivity contribution in [3.05, 3.63) is 89.6 Å². The van der Waals surface area contributed by atoms with Crippen LogP contribution in [-0.4, -0.2) is 49.7 Å². The zero-order valence-corrected chi connectivity index (χ0v) is 21.8. The molecule has 0 spiro atoms. The molecule has 1 aromatic heterocycles. The third-order valence-corrected chi connectivity index (χ3v) is 7.15. The van der Waals surface area contributed by atoms with Crippen LogP contribution in [0.25, 0.3) is 10.9 Å². The fourth-order valence-corrected chi connectivity index (χ4v) is 5.39. The number of carbonyl (C=O) groups excluding carboxylic acids is 1. The summed E-state index contributed by atoms with van der Waals surface area (Å²) in [7, 11) is 0. The van der Waals surface area contributed by atoms with Gasteiger partial charge in [0, 0.05) is 41.4 Å². The molecule has 4 aromatic rings. The number of benzene rings is 3. The molecule has 1 saturated heterocycles. The van der Waals surface area contributed by atoms with Crippen LogP contribution in [0, 0.1) is 0 Å². The van der Waals surface area contributed by atoms with Crippen LogP contribution in [0.1, 0.15) is 18.7 Å². The van der Waals surface area contributed by atoms with Gasteiger partial charge in [-0.25, -0.2) is 9.80 Å². The van der Waals surface area contributed by atoms with Gasteiger partial charge >= 0.3 is 5.97 Å². The molecule has 1 fully saturated rings. The number of para-hydroxylation sites is 2. The summed E-state index contributed by atoms with van der Waals surface area (Å²) < 4.78 is 11.0. The lowest BCUT2D eigenvalue weighted by Crippen LogP contribution is -2.39. The normalized spacial score (nSPS) is 17.7. The number of carbonyl (C=O) groups is 1. The van der Waals surface area contributed by atoms with E-state index in [4.69, 9.17) is 26.2 Å². The quantitative estimate of drug-likeness (QED) is 0.330. The summed E-state index contributed by atoms with van der Waals surface area (Å²) in [5.74, 6) is -0.301. The molecule has 1 atom stereocenters. The highest BCUT2D eigenvalue weighted by Crippen LogP contribution is 2.43. The van der Waals surface area contributed by atoms with E-state index < -0.39 is 12.1 Å². The van der Waals surface area contributed by atoms with Gasteiger partial charge in [-0.15, -0.1) is 5.10 Å². The van der Waals surface area contributed by atoms with E-state index in [9.17, 15) is 4.79 Å². The van der Waals surface area contributed by atoms with E-state index in [1.54, 1.807) is 6.92 Å². The number of hydrazone groups is 1. The molecule has 1 unspecified atom stereocenters. The van der Waals surface area contributed by atoms with E-state index in [1.165, 1.54) is 0 Å². The van der Waals surface area contributed by atoms with Crippen molar-refractivity contribution in [2.75, 3.05) is 47.7 Å². The molecule has 0 amide bonds. The summed E-state index contributed by atoms with van der Waals surface area (Å²) in [6.45, 7) is 4.91. The standard InChI is InChI=1S/C29H28ClN5O3/c1-2-38-29(36)27-32-35(20-8-4-3-5-9-20)28(23-19-31-25-11-7-6-10-22(23)25)34(27)21-12-13-26(24(30)18-21)33-14-16-37-17-15-33/h3-13,18-19,28,31H,2,14-17H2,1H3. The molecular formula is C29H28ClN5O3. The lowest BCUT2D eigenvalue weighted by atomic mass is 10.1. The second-order valence-electron chi connectivity index (χ2n) is 9.09. The number of halogens is 1. The molecule has 0 aliphatic carbocycles. The Morgan fingerprint density at radius 3 is 2.58 bits per heavy atom. The maximum atomic E-state index is 13.3. The average Bonchev–Trinajstić information content (AvgIpc) is 3.56. The van der Waals surface area contributed by atoms with Gasteiger partial charge < -0.3 is 19.4 Å². The number of rotatable bonds is 6. The van der Waals surface area contributed by atoms with Crippen LogP contribution in [0.2, 0.25) is 5.02 Å². The van der Waals surface area contributed by atoms with Gasteiger partial charge in [0.25, 0.3) is 0 Å². The Hall–Kier alpha value is -4.01. The zero-order valence-electron chi connectivity index (χ0n) is 21.0. The van der Waals surface area contributed by atoms with Crippen LogP contribution in [0.4, 0.5) is 17.1 Å². The highest BCUT2D eigenvalue weighted by Gasteiger charge is 2.42. The van der Waals surface area contributed by atoms with E-state index in [0.717, 1.165) is 46.6 Å². The SMILES string of the molecule is CCOC(=O)C1=NN(c2ccccc2)C(c2c[nH]c3ccccc23)N1c1ccc(N2CCOCC2)c(Cl)c1. The molecule has 2 aliphatic heterocycles. The number of nitrogens with one attached hydrogen (secondary N) is 1. The number of morpholine rings is 1. The number of H-pyrrole nitrogens is 1. The van der Waals surface area contributed by atoms with Gasteiger partial charge in [-0.1, -0.05) is 48.0 Å². The Labute approximate surface area is 226 Å². The molecule has 3 heterocycles. The monoisotopic (exact) mass is 529 g/mol. The number of fused-ring (bicyclic) bond motifs is 1. The number of nitrogens with zero attached hydrogens (tertiary/aromatic N) is 4. The van der Waals surface area contributed by atoms with E-state index in [-0.39, 0.29) is 12.4 Å². The van der Waals surface area contributed by atoms with E-state index in [1.807, 2.05) is 82.8 Å². The predicted molar refractivity (Wildman–Crippen MR) is 151 cm³/mol. The van der Waals surface area contributed by atoms with Crippen molar-refractivity contribution in [3.8, 4) is 0 Å². The topological polar surface area (TPSA) is 73.4 Å². The maximum Gasteiger partial charge on any atom is 0.376 e. The summed E-state index contributed by atoms with van der Waals surface area (Å²) in [5.41, 5.74) is 4.51. The summed E-state index contributed by atoms with van der Waals surface area (Å²) in [4.78, 5) is 20.8. The van der Waals surface area contributed by atoms with Crippen LogP contribution in [0.3, 0.4) is 0 Å². The van der Waals surface area contributed by atoms with Crippen molar-refractivity contribution in [2.24, 2.45) is 5.10 Å². The van der Waals surface area contributed by atoms with Crippen LogP contribution >= 0.6 is 11.6 Å². The van der Waals surface area contributed by atoms with Gasteiger partial charge in [0.1, 0.15) is 0 Å². The van der Waals surface area contributed by atoms with Crippen LogP contribution in [0.15, 0.2) is 84.1 Å². The highest BCUT2D eigenvalue weighted by atomic mass is 35.5. The molecule has 38 heavy (non-hydrogen) atoms. The predicted octanol–water partition coefficient (Wildman–Crippen LogP) is 5.56. The minimum absolute atomic E-state index is 0.196. The second-order valence-corrected chi connectivity index (χ2v) is 9.50. The van der Waals surface area contributed by atoms with Gasteiger partial charge in [-0.05, 0) is 43.3 Å². The first-order valence-electron chi connectivity index (χ1n) is 12.7. The molecule has 1 N–H and O–H groups in total. The van der Waals surface area contributed by atoms with Crippen molar-refractivity contribution >= 4 is 51.4 Å². The number of aromatic amines is 1. The summed E-state index contributed by atoms with van der Waals surface area (Å²) in [6.07, 6.45) is 1.52. The first kappa shape index (κ1) is 24.3. The third kappa shape index (κ3) is 4.36. The lowest BCUT2D eigenvalue weighted by molar-refractivity contribution is -0.135. The number of ether oxygens (including phenoxy) is 2. The van der Waals surface area contributed by atoms with Crippen molar-refractivity contribution in [1.82, 2.24) is 4.98 Å². The fraction of sp³-hybridized carbons (Fsp3) is 0.241.